The SMILES string of the molecule is O=C(O)N1CCC(c2nc(Br)cn2CCN2CCC2)CC1. The molecule has 3 heterocycles. The molecule has 0 saturated carbocycles. The minimum atomic E-state index is -0.809. The van der Waals surface area contributed by atoms with E-state index in [1.54, 1.807) is 0 Å². The van der Waals surface area contributed by atoms with Gasteiger partial charge in [-0.3, -0.25) is 0 Å². The highest BCUT2D eigenvalue weighted by Gasteiger charge is 2.27. The maximum Gasteiger partial charge on any atom is 0.407 e. The topological polar surface area (TPSA) is 61.6 Å². The Balaban J connectivity index is 1.63. The molecular weight excluding hydrogens is 336 g/mol. The number of hydrogen-bond donors (Lipinski definition) is 1. The minimum absolute atomic E-state index is 0.364. The van der Waals surface area contributed by atoms with Crippen LogP contribution in [0.25, 0.3) is 0 Å². The largest absolute Gasteiger partial charge is 0.465 e. The van der Waals surface area contributed by atoms with E-state index in [1.165, 1.54) is 24.4 Å². The summed E-state index contributed by atoms with van der Waals surface area (Å²) in [7, 11) is 0. The van der Waals surface area contributed by atoms with Gasteiger partial charge in [-0.1, -0.05) is 0 Å². The number of halogens is 1. The third kappa shape index (κ3) is 3.40. The molecule has 1 amide bonds. The Kier molecular flexibility index (Phi) is 4.49. The number of hydrogen-bond acceptors (Lipinski definition) is 3. The van der Waals surface area contributed by atoms with Crippen molar-refractivity contribution in [2.24, 2.45) is 0 Å². The molecule has 2 aliphatic heterocycles. The van der Waals surface area contributed by atoms with Gasteiger partial charge in [0.1, 0.15) is 10.4 Å². The monoisotopic (exact) mass is 356 g/mol. The second-order valence-corrected chi connectivity index (χ2v) is 6.67. The lowest BCUT2D eigenvalue weighted by Gasteiger charge is -2.32. The van der Waals surface area contributed by atoms with Crippen molar-refractivity contribution in [3.8, 4) is 0 Å². The summed E-state index contributed by atoms with van der Waals surface area (Å²) in [4.78, 5) is 19.5. The Hall–Kier alpha value is -1.08. The first kappa shape index (κ1) is 14.8. The lowest BCUT2D eigenvalue weighted by atomic mass is 9.96. The molecule has 116 valence electrons. The van der Waals surface area contributed by atoms with Crippen molar-refractivity contribution in [2.45, 2.75) is 31.7 Å². The zero-order valence-corrected chi connectivity index (χ0v) is 13.6. The van der Waals surface area contributed by atoms with Crippen molar-refractivity contribution in [3.05, 3.63) is 16.6 Å². The van der Waals surface area contributed by atoms with E-state index in [2.05, 4.69) is 36.6 Å². The summed E-state index contributed by atoms with van der Waals surface area (Å²) in [6, 6.07) is 0. The Morgan fingerprint density at radius 1 is 1.29 bits per heavy atom. The summed E-state index contributed by atoms with van der Waals surface area (Å²) in [5, 5.41) is 9.02. The van der Waals surface area contributed by atoms with Crippen LogP contribution in [0.2, 0.25) is 0 Å². The molecule has 2 aliphatic rings. The minimum Gasteiger partial charge on any atom is -0.465 e. The maximum atomic E-state index is 11.0. The average molecular weight is 357 g/mol. The number of nitrogens with zero attached hydrogens (tertiary/aromatic N) is 4. The zero-order chi connectivity index (χ0) is 14.8. The van der Waals surface area contributed by atoms with Crippen molar-refractivity contribution in [3.63, 3.8) is 0 Å². The predicted octanol–water partition coefficient (Wildman–Crippen LogP) is 2.21. The zero-order valence-electron chi connectivity index (χ0n) is 12.0. The summed E-state index contributed by atoms with van der Waals surface area (Å²) in [5.74, 6) is 1.47. The van der Waals surface area contributed by atoms with Gasteiger partial charge in [0.2, 0.25) is 0 Å². The maximum absolute atomic E-state index is 11.0. The molecule has 0 radical (unpaired) electrons. The number of imidazole rings is 1. The Labute approximate surface area is 132 Å². The molecule has 0 bridgehead atoms. The molecule has 7 heteroatoms. The number of carbonyl (C=O) groups is 1. The van der Waals surface area contributed by atoms with Crippen LogP contribution >= 0.6 is 15.9 Å². The fourth-order valence-electron chi connectivity index (χ4n) is 3.09. The van der Waals surface area contributed by atoms with Crippen LogP contribution in [0.3, 0.4) is 0 Å². The van der Waals surface area contributed by atoms with Crippen molar-refractivity contribution < 1.29 is 9.90 Å². The first-order valence-corrected chi connectivity index (χ1v) is 8.35. The van der Waals surface area contributed by atoms with Crippen LogP contribution < -0.4 is 0 Å². The van der Waals surface area contributed by atoms with Gasteiger partial charge >= 0.3 is 6.09 Å². The summed E-state index contributed by atoms with van der Waals surface area (Å²) >= 11 is 3.47. The number of piperidine rings is 1. The van der Waals surface area contributed by atoms with Gasteiger partial charge in [0, 0.05) is 38.3 Å². The van der Waals surface area contributed by atoms with Gasteiger partial charge in [-0.15, -0.1) is 0 Å². The van der Waals surface area contributed by atoms with Crippen LogP contribution in [0, 0.1) is 0 Å². The third-order valence-electron chi connectivity index (χ3n) is 4.51. The molecular formula is C14H21BrN4O2. The van der Waals surface area contributed by atoms with Gasteiger partial charge in [0.05, 0.1) is 0 Å². The van der Waals surface area contributed by atoms with E-state index in [0.29, 0.717) is 19.0 Å². The predicted molar refractivity (Wildman–Crippen MR) is 82.6 cm³/mol. The lowest BCUT2D eigenvalue weighted by Crippen LogP contribution is -2.39. The van der Waals surface area contributed by atoms with Gasteiger partial charge in [-0.25, -0.2) is 9.78 Å². The Morgan fingerprint density at radius 2 is 2.00 bits per heavy atom. The number of aromatic nitrogens is 2. The molecule has 6 nitrogen and oxygen atoms in total. The molecule has 1 aromatic heterocycles. The van der Waals surface area contributed by atoms with E-state index in [9.17, 15) is 4.79 Å². The van der Waals surface area contributed by atoms with Crippen LogP contribution in [0.15, 0.2) is 10.8 Å². The molecule has 21 heavy (non-hydrogen) atoms. The molecule has 0 aliphatic carbocycles. The molecule has 0 aromatic carbocycles. The molecule has 0 atom stereocenters. The van der Waals surface area contributed by atoms with E-state index < -0.39 is 6.09 Å². The third-order valence-corrected chi connectivity index (χ3v) is 4.90. The van der Waals surface area contributed by atoms with E-state index >= 15 is 0 Å². The normalized spacial score (nSPS) is 20.5. The van der Waals surface area contributed by atoms with Crippen LogP contribution in [-0.2, 0) is 6.54 Å². The Morgan fingerprint density at radius 3 is 2.57 bits per heavy atom. The summed E-state index contributed by atoms with van der Waals surface area (Å²) in [6.07, 6.45) is 4.28. The van der Waals surface area contributed by atoms with Crippen molar-refractivity contribution >= 4 is 22.0 Å². The van der Waals surface area contributed by atoms with Crippen molar-refractivity contribution in [1.29, 1.82) is 0 Å². The number of carboxylic acid groups (broad SMARTS) is 1. The molecule has 2 saturated heterocycles. The smallest absolute Gasteiger partial charge is 0.407 e. The van der Waals surface area contributed by atoms with Gasteiger partial charge < -0.3 is 19.5 Å². The number of likely N-dealkylation sites (tertiary alicyclic amines) is 2. The number of rotatable bonds is 4. The highest BCUT2D eigenvalue weighted by atomic mass is 79.9. The van der Waals surface area contributed by atoms with E-state index in [0.717, 1.165) is 36.4 Å². The molecule has 0 unspecified atom stereocenters. The average Bonchev–Trinajstić information content (AvgIpc) is 2.78. The van der Waals surface area contributed by atoms with Crippen LogP contribution in [-0.4, -0.2) is 63.3 Å². The molecule has 0 spiro atoms. The molecule has 3 rings (SSSR count). The lowest BCUT2D eigenvalue weighted by molar-refractivity contribution is 0.130. The second-order valence-electron chi connectivity index (χ2n) is 5.85. The van der Waals surface area contributed by atoms with Gasteiger partial charge in [-0.2, -0.15) is 0 Å². The van der Waals surface area contributed by atoms with Crippen LogP contribution in [0.4, 0.5) is 4.79 Å². The number of amides is 1. The Bertz CT molecular complexity index is 507. The summed E-state index contributed by atoms with van der Waals surface area (Å²) in [6.45, 7) is 5.68. The van der Waals surface area contributed by atoms with Gasteiger partial charge in [0.15, 0.2) is 0 Å². The van der Waals surface area contributed by atoms with E-state index in [4.69, 9.17) is 5.11 Å². The van der Waals surface area contributed by atoms with Crippen molar-refractivity contribution in [1.82, 2.24) is 19.4 Å². The quantitative estimate of drug-likeness (QED) is 0.898. The second kappa shape index (κ2) is 6.36. The highest BCUT2D eigenvalue weighted by molar-refractivity contribution is 9.10. The fraction of sp³-hybridized carbons (Fsp3) is 0.714. The van der Waals surface area contributed by atoms with Gasteiger partial charge in [0.25, 0.3) is 0 Å². The fourth-order valence-corrected chi connectivity index (χ4v) is 3.51. The highest BCUT2D eigenvalue weighted by Crippen LogP contribution is 2.28. The van der Waals surface area contributed by atoms with Crippen molar-refractivity contribution in [2.75, 3.05) is 32.7 Å². The van der Waals surface area contributed by atoms with E-state index in [1.807, 2.05) is 0 Å². The molecule has 2 fully saturated rings. The molecule has 1 aromatic rings. The standard InChI is InChI=1S/C14H21BrN4O2/c15-12-10-19(9-8-17-4-1-5-17)13(16-12)11-2-6-18(7-3-11)14(20)21/h10-11H,1-9H2,(H,20,21). The van der Waals surface area contributed by atoms with E-state index in [-0.39, 0.29) is 0 Å². The summed E-state index contributed by atoms with van der Waals surface area (Å²) in [5.41, 5.74) is 0. The first-order valence-electron chi connectivity index (χ1n) is 7.56. The van der Waals surface area contributed by atoms with Gasteiger partial charge in [-0.05, 0) is 48.3 Å². The van der Waals surface area contributed by atoms with Crippen LogP contribution in [0.5, 0.6) is 0 Å². The van der Waals surface area contributed by atoms with Crippen LogP contribution in [0.1, 0.15) is 31.0 Å². The summed E-state index contributed by atoms with van der Waals surface area (Å²) < 4.78 is 3.12. The molecule has 1 N–H and O–H groups in total. The first-order chi connectivity index (χ1) is 10.1.